The molecule has 2 aliphatic rings. The Hall–Kier alpha value is -5.29. The summed E-state index contributed by atoms with van der Waals surface area (Å²) >= 11 is 0. The van der Waals surface area contributed by atoms with E-state index in [2.05, 4.69) is 33.4 Å². The van der Waals surface area contributed by atoms with Crippen molar-refractivity contribution in [3.63, 3.8) is 0 Å². The van der Waals surface area contributed by atoms with Crippen LogP contribution < -0.4 is 0 Å². The van der Waals surface area contributed by atoms with Crippen LogP contribution in [0.2, 0.25) is 0 Å². The van der Waals surface area contributed by atoms with Crippen LogP contribution in [0.5, 0.6) is 0 Å². The summed E-state index contributed by atoms with van der Waals surface area (Å²) in [5, 5.41) is 3.77. The van der Waals surface area contributed by atoms with E-state index in [4.69, 9.17) is 0 Å². The minimum Gasteiger partial charge on any atom is -0.288 e. The van der Waals surface area contributed by atoms with Gasteiger partial charge in [0.2, 0.25) is 0 Å². The molecule has 0 saturated heterocycles. The largest absolute Gasteiger partial charge is 0.416 e. The lowest BCUT2D eigenvalue weighted by molar-refractivity contribution is -0.137. The van der Waals surface area contributed by atoms with Gasteiger partial charge in [0.1, 0.15) is 0 Å². The third-order valence-corrected chi connectivity index (χ3v) is 9.85. The molecule has 7 rings (SSSR count). The molecule has 0 bridgehead atoms. The Morgan fingerprint density at radius 1 is 0.787 bits per heavy atom. The van der Waals surface area contributed by atoms with Gasteiger partial charge in [-0.25, -0.2) is 0 Å². The van der Waals surface area contributed by atoms with Crippen LogP contribution in [0.25, 0.3) is 27.6 Å². The first-order valence-corrected chi connectivity index (χ1v) is 15.5. The summed E-state index contributed by atoms with van der Waals surface area (Å²) in [5.74, 6) is -0.837. The van der Waals surface area contributed by atoms with Gasteiger partial charge in [-0.1, -0.05) is 105 Å². The number of ketones is 2. The third kappa shape index (κ3) is 4.89. The summed E-state index contributed by atoms with van der Waals surface area (Å²) in [7, 11) is 0. The second-order valence-electron chi connectivity index (χ2n) is 12.8. The molecule has 232 valence electrons. The van der Waals surface area contributed by atoms with Crippen molar-refractivity contribution in [3.8, 4) is 0 Å². The highest BCUT2D eigenvalue weighted by atomic mass is 19.4. The highest BCUT2D eigenvalue weighted by Crippen LogP contribution is 2.51. The van der Waals surface area contributed by atoms with E-state index >= 15 is 0 Å². The summed E-state index contributed by atoms with van der Waals surface area (Å²) in [5.41, 5.74) is 5.66. The number of carbonyl (C=O) groups excluding carboxylic acids is 2. The molecule has 47 heavy (non-hydrogen) atoms. The molecule has 0 radical (unpaired) electrons. The van der Waals surface area contributed by atoms with Crippen molar-refractivity contribution in [2.24, 2.45) is 0 Å². The molecule has 2 nitrogen and oxygen atoms in total. The van der Waals surface area contributed by atoms with Gasteiger partial charge in [0.25, 0.3) is 0 Å². The quantitative estimate of drug-likeness (QED) is 0.113. The normalized spacial score (nSPS) is 17.5. The van der Waals surface area contributed by atoms with Crippen molar-refractivity contribution < 1.29 is 22.8 Å². The maximum atomic E-state index is 13.4. The smallest absolute Gasteiger partial charge is 0.288 e. The van der Waals surface area contributed by atoms with Crippen LogP contribution in [0.4, 0.5) is 13.2 Å². The zero-order valence-electron chi connectivity index (χ0n) is 26.2. The minimum absolute atomic E-state index is 0.146. The molecule has 0 fully saturated rings. The van der Waals surface area contributed by atoms with Crippen LogP contribution in [-0.4, -0.2) is 11.6 Å². The predicted octanol–water partition coefficient (Wildman–Crippen LogP) is 11.0. The first-order chi connectivity index (χ1) is 22.4. The lowest BCUT2D eigenvalue weighted by Gasteiger charge is -2.41. The number of Topliss-reactive ketones (excluding diaryl/α,β-unsaturated/α-hetero) is 2. The number of hydrogen-bond donors (Lipinski definition) is 0. The molecule has 0 spiro atoms. The second-order valence-corrected chi connectivity index (χ2v) is 12.8. The van der Waals surface area contributed by atoms with Gasteiger partial charge in [0, 0.05) is 22.5 Å². The van der Waals surface area contributed by atoms with Gasteiger partial charge in [0.15, 0.2) is 11.6 Å². The highest BCUT2D eigenvalue weighted by molar-refractivity contribution is 6.42. The number of benzene rings is 5. The fraction of sp³-hybridized carbons (Fsp3) is 0.143. The Labute approximate surface area is 271 Å². The van der Waals surface area contributed by atoms with Crippen LogP contribution in [0, 0.1) is 0 Å². The average molecular weight is 625 g/mol. The lowest BCUT2D eigenvalue weighted by Crippen LogP contribution is -2.29. The van der Waals surface area contributed by atoms with Gasteiger partial charge < -0.3 is 0 Å². The summed E-state index contributed by atoms with van der Waals surface area (Å²) in [4.78, 5) is 26.8. The number of carbonyl (C=O) groups is 2. The summed E-state index contributed by atoms with van der Waals surface area (Å²) in [6, 6.07) is 26.7. The monoisotopic (exact) mass is 624 g/mol. The van der Waals surface area contributed by atoms with Gasteiger partial charge in [0.05, 0.1) is 11.1 Å². The minimum atomic E-state index is -4.42. The van der Waals surface area contributed by atoms with E-state index in [1.165, 1.54) is 0 Å². The molecule has 1 unspecified atom stereocenters. The van der Waals surface area contributed by atoms with Crippen LogP contribution in [0.3, 0.4) is 0 Å². The van der Waals surface area contributed by atoms with E-state index < -0.39 is 17.2 Å². The molecular weight excluding hydrogens is 593 g/mol. The van der Waals surface area contributed by atoms with E-state index in [9.17, 15) is 22.8 Å². The average Bonchev–Trinajstić information content (AvgIpc) is 3.27. The molecule has 0 heterocycles. The van der Waals surface area contributed by atoms with Gasteiger partial charge in [-0.3, -0.25) is 9.59 Å². The molecule has 1 atom stereocenters. The molecule has 0 aliphatic heterocycles. The second kappa shape index (κ2) is 10.9. The van der Waals surface area contributed by atoms with Gasteiger partial charge >= 0.3 is 6.18 Å². The molecule has 5 heteroatoms. The Morgan fingerprint density at radius 3 is 2.02 bits per heavy atom. The molecule has 0 amide bonds. The van der Waals surface area contributed by atoms with Crippen molar-refractivity contribution in [2.75, 3.05) is 0 Å². The Bertz CT molecular complexity index is 2200. The number of hydrogen-bond acceptors (Lipinski definition) is 2. The fourth-order valence-electron chi connectivity index (χ4n) is 7.25. The maximum absolute atomic E-state index is 13.4. The Morgan fingerprint density at radius 2 is 1.43 bits per heavy atom. The summed E-state index contributed by atoms with van der Waals surface area (Å²) in [6.07, 6.45) is 2.82. The van der Waals surface area contributed by atoms with Gasteiger partial charge in [-0.15, -0.1) is 0 Å². The zero-order valence-corrected chi connectivity index (χ0v) is 26.2. The van der Waals surface area contributed by atoms with E-state index in [0.29, 0.717) is 11.1 Å². The number of alkyl halides is 3. The SMILES string of the molecule is C=C/C=C\C1=C(C)C(C)(C)c2c(ccc3cc(C=C4C(=O)c5cc6ccccc6cc5C4=O)ccc23)C1c1ccc(C(F)(F)F)cc1. The maximum Gasteiger partial charge on any atom is 0.416 e. The standard InChI is InChI=1S/C42H31F3O2/c1-5-6-11-31-24(2)41(3,4)38-32-18-12-25(21-36-39(46)34-22-27-9-7-8-10-28(27)23-35(34)40(36)47)20-29(32)15-19-33(38)37(31)26-13-16-30(17-14-26)42(43,44)45/h5-23,37H,1H2,2-4H3/b11-6-. The topological polar surface area (TPSA) is 34.1 Å². The summed E-state index contributed by atoms with van der Waals surface area (Å²) in [6.45, 7) is 10.2. The van der Waals surface area contributed by atoms with E-state index in [0.717, 1.165) is 67.1 Å². The summed E-state index contributed by atoms with van der Waals surface area (Å²) < 4.78 is 40.3. The molecule has 5 aromatic rings. The predicted molar refractivity (Wildman–Crippen MR) is 183 cm³/mol. The zero-order chi connectivity index (χ0) is 33.2. The number of halogens is 3. The van der Waals surface area contributed by atoms with Crippen molar-refractivity contribution in [3.05, 3.63) is 171 Å². The van der Waals surface area contributed by atoms with Crippen LogP contribution in [-0.2, 0) is 11.6 Å². The van der Waals surface area contributed by atoms with Crippen molar-refractivity contribution in [2.45, 2.75) is 38.3 Å². The van der Waals surface area contributed by atoms with Crippen molar-refractivity contribution >= 4 is 39.2 Å². The van der Waals surface area contributed by atoms with E-state index in [-0.39, 0.29) is 23.1 Å². The highest BCUT2D eigenvalue weighted by Gasteiger charge is 2.39. The molecule has 0 aromatic heterocycles. The first kappa shape index (κ1) is 30.4. The first-order valence-electron chi connectivity index (χ1n) is 15.5. The van der Waals surface area contributed by atoms with E-state index in [1.54, 1.807) is 36.4 Å². The third-order valence-electron chi connectivity index (χ3n) is 9.85. The van der Waals surface area contributed by atoms with Gasteiger partial charge in [-0.05, 0) is 92.7 Å². The van der Waals surface area contributed by atoms with Crippen LogP contribution >= 0.6 is 0 Å². The molecule has 2 aliphatic carbocycles. The molecule has 0 saturated carbocycles. The Balaban J connectivity index is 1.35. The lowest BCUT2D eigenvalue weighted by atomic mass is 9.63. The Kier molecular flexibility index (Phi) is 7.05. The number of fused-ring (bicyclic) bond motifs is 5. The van der Waals surface area contributed by atoms with Crippen molar-refractivity contribution in [1.82, 2.24) is 0 Å². The molecule has 0 N–H and O–H groups in total. The van der Waals surface area contributed by atoms with Crippen LogP contribution in [0.1, 0.15) is 75.2 Å². The van der Waals surface area contributed by atoms with Crippen molar-refractivity contribution in [1.29, 1.82) is 0 Å². The number of allylic oxidation sites excluding steroid dienone is 6. The van der Waals surface area contributed by atoms with E-state index in [1.807, 2.05) is 60.7 Å². The molecule has 5 aromatic carbocycles. The van der Waals surface area contributed by atoms with Crippen LogP contribution in [0.15, 0.2) is 133 Å². The fourth-order valence-corrected chi connectivity index (χ4v) is 7.25. The molecular formula is C42H31F3O2. The van der Waals surface area contributed by atoms with Gasteiger partial charge in [-0.2, -0.15) is 13.2 Å². The number of rotatable bonds is 4.